The second-order valence-electron chi connectivity index (χ2n) is 3.95. The van der Waals surface area contributed by atoms with Crippen LogP contribution in [0.4, 0.5) is 4.39 Å². The first kappa shape index (κ1) is 14.1. The molecule has 0 fully saturated rings. The quantitative estimate of drug-likeness (QED) is 0.856. The zero-order chi connectivity index (χ0) is 13.1. The summed E-state index contributed by atoms with van der Waals surface area (Å²) < 4.78 is 38.5. The maximum atomic E-state index is 13.4. The van der Waals surface area contributed by atoms with Crippen LogP contribution in [0.3, 0.4) is 0 Å². The van der Waals surface area contributed by atoms with Gasteiger partial charge in [-0.1, -0.05) is 18.2 Å². The molecule has 0 aliphatic rings. The van der Waals surface area contributed by atoms with E-state index in [9.17, 15) is 12.8 Å². The number of likely N-dealkylation sites (N-methyl/N-ethyl adjacent to an activating group) is 1. The van der Waals surface area contributed by atoms with Crippen molar-refractivity contribution in [3.8, 4) is 0 Å². The molecule has 0 aliphatic heterocycles. The van der Waals surface area contributed by atoms with E-state index in [1.54, 1.807) is 13.0 Å². The van der Waals surface area contributed by atoms with Crippen molar-refractivity contribution >= 4 is 10.0 Å². The summed E-state index contributed by atoms with van der Waals surface area (Å²) in [6.45, 7) is 1.94. The molecule has 0 saturated heterocycles. The second-order valence-corrected chi connectivity index (χ2v) is 5.98. The third kappa shape index (κ3) is 3.49. The molecule has 2 N–H and O–H groups in total. The summed E-state index contributed by atoms with van der Waals surface area (Å²) in [7, 11) is -2.08. The maximum Gasteiger partial charge on any atom is 0.218 e. The average Bonchev–Trinajstić information content (AvgIpc) is 2.30. The minimum absolute atomic E-state index is 0.170. The van der Waals surface area contributed by atoms with Gasteiger partial charge in [0, 0.05) is 25.2 Å². The summed E-state index contributed by atoms with van der Waals surface area (Å²) in [5, 5.41) is 0. The summed E-state index contributed by atoms with van der Waals surface area (Å²) in [5.74, 6) is -0.856. The third-order valence-electron chi connectivity index (χ3n) is 2.70. The van der Waals surface area contributed by atoms with Gasteiger partial charge in [-0.2, -0.15) is 0 Å². The summed E-state index contributed by atoms with van der Waals surface area (Å²) in [4.78, 5) is 0. The van der Waals surface area contributed by atoms with E-state index in [1.807, 2.05) is 0 Å². The van der Waals surface area contributed by atoms with Crippen molar-refractivity contribution in [3.63, 3.8) is 0 Å². The number of nitrogens with two attached hydrogens (primary N) is 1. The SMILES string of the molecule is CC(CN)N(C)S(=O)(=O)Cc1ccccc1F. The minimum atomic E-state index is -3.53. The lowest BCUT2D eigenvalue weighted by atomic mass is 10.2. The summed E-state index contributed by atoms with van der Waals surface area (Å²) in [6.07, 6.45) is 0. The monoisotopic (exact) mass is 260 g/mol. The van der Waals surface area contributed by atoms with Crippen LogP contribution in [0.15, 0.2) is 24.3 Å². The largest absolute Gasteiger partial charge is 0.329 e. The zero-order valence-electron chi connectivity index (χ0n) is 9.93. The normalized spacial score (nSPS) is 13.9. The molecule has 1 rings (SSSR count). The standard InChI is InChI=1S/C11H17FN2O2S/c1-9(7-13)14(2)17(15,16)8-10-5-3-4-6-11(10)12/h3-6,9H,7-8,13H2,1-2H3. The predicted molar refractivity (Wildman–Crippen MR) is 65.3 cm³/mol. The highest BCUT2D eigenvalue weighted by Crippen LogP contribution is 2.14. The predicted octanol–water partition coefficient (Wildman–Crippen LogP) is 0.935. The summed E-state index contributed by atoms with van der Waals surface area (Å²) in [6, 6.07) is 5.55. The molecule has 0 spiro atoms. The van der Waals surface area contributed by atoms with E-state index in [1.165, 1.54) is 29.6 Å². The van der Waals surface area contributed by atoms with Crippen molar-refractivity contribution in [1.82, 2.24) is 4.31 Å². The first-order valence-corrected chi connectivity index (χ1v) is 6.88. The van der Waals surface area contributed by atoms with Crippen molar-refractivity contribution in [2.75, 3.05) is 13.6 Å². The molecule has 17 heavy (non-hydrogen) atoms. The van der Waals surface area contributed by atoms with E-state index in [-0.39, 0.29) is 23.9 Å². The van der Waals surface area contributed by atoms with Gasteiger partial charge in [-0.25, -0.2) is 17.1 Å². The molecule has 96 valence electrons. The molecule has 1 aromatic carbocycles. The van der Waals surface area contributed by atoms with Crippen molar-refractivity contribution < 1.29 is 12.8 Å². The van der Waals surface area contributed by atoms with Crippen molar-refractivity contribution in [3.05, 3.63) is 35.6 Å². The molecule has 0 radical (unpaired) electrons. The summed E-state index contributed by atoms with van der Waals surface area (Å²) >= 11 is 0. The number of rotatable bonds is 5. The molecule has 4 nitrogen and oxygen atoms in total. The Morgan fingerprint density at radius 1 is 1.41 bits per heavy atom. The van der Waals surface area contributed by atoms with Gasteiger partial charge in [0.25, 0.3) is 0 Å². The number of hydrogen-bond donors (Lipinski definition) is 1. The number of nitrogens with zero attached hydrogens (tertiary/aromatic N) is 1. The van der Waals surface area contributed by atoms with Gasteiger partial charge in [-0.3, -0.25) is 0 Å². The van der Waals surface area contributed by atoms with E-state index in [4.69, 9.17) is 5.73 Å². The van der Waals surface area contributed by atoms with Gasteiger partial charge in [0.1, 0.15) is 5.82 Å². The van der Waals surface area contributed by atoms with E-state index < -0.39 is 15.8 Å². The number of sulfonamides is 1. The molecular weight excluding hydrogens is 243 g/mol. The molecular formula is C11H17FN2O2S. The Kier molecular flexibility index (Phi) is 4.62. The smallest absolute Gasteiger partial charge is 0.218 e. The Labute approximate surface area is 101 Å². The van der Waals surface area contributed by atoms with Crippen molar-refractivity contribution in [2.45, 2.75) is 18.7 Å². The molecule has 6 heteroatoms. The first-order valence-electron chi connectivity index (χ1n) is 5.27. The van der Waals surface area contributed by atoms with Crippen LogP contribution in [0.1, 0.15) is 12.5 Å². The van der Waals surface area contributed by atoms with Gasteiger partial charge in [0.2, 0.25) is 10.0 Å². The van der Waals surface area contributed by atoms with Crippen LogP contribution < -0.4 is 5.73 Å². The van der Waals surface area contributed by atoms with E-state index >= 15 is 0 Å². The Morgan fingerprint density at radius 3 is 2.53 bits per heavy atom. The number of benzene rings is 1. The van der Waals surface area contributed by atoms with Crippen LogP contribution in [0.2, 0.25) is 0 Å². The first-order chi connectivity index (χ1) is 7.88. The van der Waals surface area contributed by atoms with Crippen molar-refractivity contribution in [2.24, 2.45) is 5.73 Å². The van der Waals surface area contributed by atoms with Crippen LogP contribution >= 0.6 is 0 Å². The number of halogens is 1. The Morgan fingerprint density at radius 2 is 2.00 bits per heavy atom. The lowest BCUT2D eigenvalue weighted by molar-refractivity contribution is 0.393. The lowest BCUT2D eigenvalue weighted by Crippen LogP contribution is -2.40. The second kappa shape index (κ2) is 5.57. The highest BCUT2D eigenvalue weighted by molar-refractivity contribution is 7.88. The van der Waals surface area contributed by atoms with Crippen LogP contribution in [0.5, 0.6) is 0 Å². The van der Waals surface area contributed by atoms with Gasteiger partial charge >= 0.3 is 0 Å². The maximum absolute atomic E-state index is 13.4. The van der Waals surface area contributed by atoms with Gasteiger partial charge in [-0.15, -0.1) is 0 Å². The molecule has 1 atom stereocenters. The number of hydrogen-bond acceptors (Lipinski definition) is 3. The van der Waals surface area contributed by atoms with Crippen LogP contribution in [-0.4, -0.2) is 32.4 Å². The van der Waals surface area contributed by atoms with Crippen molar-refractivity contribution in [1.29, 1.82) is 0 Å². The molecule has 1 unspecified atom stereocenters. The van der Waals surface area contributed by atoms with E-state index in [2.05, 4.69) is 0 Å². The molecule has 0 saturated carbocycles. The Bertz CT molecular complexity index is 476. The summed E-state index contributed by atoms with van der Waals surface area (Å²) in [5.41, 5.74) is 5.58. The Hall–Kier alpha value is -0.980. The lowest BCUT2D eigenvalue weighted by Gasteiger charge is -2.23. The molecule has 0 aromatic heterocycles. The highest BCUT2D eigenvalue weighted by Gasteiger charge is 2.23. The molecule has 0 aliphatic carbocycles. The van der Waals surface area contributed by atoms with E-state index in [0.717, 1.165) is 0 Å². The molecule has 0 amide bonds. The fourth-order valence-electron chi connectivity index (χ4n) is 1.34. The molecule has 1 aromatic rings. The molecule has 0 heterocycles. The van der Waals surface area contributed by atoms with E-state index in [0.29, 0.717) is 0 Å². The van der Waals surface area contributed by atoms with Gasteiger partial charge in [-0.05, 0) is 13.0 Å². The zero-order valence-corrected chi connectivity index (χ0v) is 10.7. The van der Waals surface area contributed by atoms with Crippen LogP contribution in [0, 0.1) is 5.82 Å². The molecule has 0 bridgehead atoms. The van der Waals surface area contributed by atoms with Gasteiger partial charge in [0.15, 0.2) is 0 Å². The van der Waals surface area contributed by atoms with Crippen LogP contribution in [-0.2, 0) is 15.8 Å². The van der Waals surface area contributed by atoms with Gasteiger partial charge < -0.3 is 5.73 Å². The fraction of sp³-hybridized carbons (Fsp3) is 0.455. The average molecular weight is 260 g/mol. The van der Waals surface area contributed by atoms with Crippen LogP contribution in [0.25, 0.3) is 0 Å². The highest BCUT2D eigenvalue weighted by atomic mass is 32.2. The topological polar surface area (TPSA) is 63.4 Å². The minimum Gasteiger partial charge on any atom is -0.329 e. The fourth-order valence-corrected chi connectivity index (χ4v) is 2.80. The van der Waals surface area contributed by atoms with Gasteiger partial charge in [0.05, 0.1) is 5.75 Å². The third-order valence-corrected chi connectivity index (χ3v) is 4.61. The Balaban J connectivity index is 2.91.